The van der Waals surface area contributed by atoms with Crippen molar-refractivity contribution >= 4 is 199 Å². The highest BCUT2D eigenvalue weighted by Crippen LogP contribution is 2.42. The molecule has 0 radical (unpaired) electrons. The van der Waals surface area contributed by atoms with Crippen LogP contribution in [0.5, 0.6) is 0 Å². The van der Waals surface area contributed by atoms with E-state index in [-0.39, 0.29) is 0 Å². The quantitative estimate of drug-likeness (QED) is 0.167. The Morgan fingerprint density at radius 3 is 1.52 bits per heavy atom. The molecule has 0 aliphatic heterocycles. The second kappa shape index (κ2) is 13.6. The molecule has 0 atom stereocenters. The van der Waals surface area contributed by atoms with E-state index in [9.17, 15) is 0 Å². The maximum absolute atomic E-state index is 7.25. The van der Waals surface area contributed by atoms with Gasteiger partial charge in [-0.3, -0.25) is 0 Å². The molecule has 0 aliphatic rings. The minimum Gasteiger partial charge on any atom is -0.454 e. The average Bonchev–Trinajstić information content (AvgIpc) is 3.99. The molecule has 0 aliphatic carbocycles. The smallest absolute Gasteiger partial charge is 0.164 e. The number of fused-ring (bicyclic) bond motifs is 10. The van der Waals surface area contributed by atoms with E-state index in [0.717, 1.165) is 61.0 Å². The summed E-state index contributed by atoms with van der Waals surface area (Å²) in [6.45, 7) is 0. The zero-order valence-corrected chi connectivity index (χ0v) is 36.3. The third kappa shape index (κ3) is 5.20. The van der Waals surface area contributed by atoms with Gasteiger partial charge in [-0.15, -0.1) is 10.9 Å². The van der Waals surface area contributed by atoms with Crippen LogP contribution in [0.3, 0.4) is 0 Å². The van der Waals surface area contributed by atoms with E-state index in [0.29, 0.717) is 17.5 Å². The molecule has 278 valence electrons. The molecule has 11 aromatic rings. The predicted octanol–water partition coefficient (Wildman–Crippen LogP) is -5.65. The molecule has 11 rings (SSSR count). The van der Waals surface area contributed by atoms with Crippen LogP contribution >= 0.6 is 0 Å². The zero-order valence-electron chi connectivity index (χ0n) is 36.3. The molecule has 0 fully saturated rings. The highest BCUT2D eigenvalue weighted by molar-refractivity contribution is 6.71. The first-order valence-electron chi connectivity index (χ1n) is 21.1. The van der Waals surface area contributed by atoms with Crippen molar-refractivity contribution in [2.45, 2.75) is 0 Å². The Hall–Kier alpha value is -6.40. The SMILES string of the molecule is Bc1c(B)c(B)c2c(oc3c2c(B)c(B)c2c4c(B)c(B)c(B)c(B)c4n(-c4cccc5c4oc4cccc(-c6nc(-c7ccccc7)nc(-c7ccccc7)n6)c45)c32)c1B. The highest BCUT2D eigenvalue weighted by atomic mass is 16.3. The fourth-order valence-electron chi connectivity index (χ4n) is 10.0. The molecule has 0 saturated heterocycles. The fourth-order valence-corrected chi connectivity index (χ4v) is 10.0. The number of benzene rings is 7. The van der Waals surface area contributed by atoms with E-state index in [4.69, 9.17) is 23.8 Å². The maximum Gasteiger partial charge on any atom is 0.164 e. The van der Waals surface area contributed by atoms with E-state index in [1.165, 1.54) is 81.7 Å². The lowest BCUT2D eigenvalue weighted by molar-refractivity contribution is 0.665. The lowest BCUT2D eigenvalue weighted by Gasteiger charge is -2.16. The summed E-state index contributed by atoms with van der Waals surface area (Å²) in [5.41, 5.74) is 22.1. The molecule has 7 aromatic carbocycles. The second-order valence-electron chi connectivity index (χ2n) is 17.0. The van der Waals surface area contributed by atoms with E-state index in [1.54, 1.807) is 0 Å². The molecule has 6 nitrogen and oxygen atoms in total. The van der Waals surface area contributed by atoms with E-state index in [1.807, 2.05) is 66.7 Å². The van der Waals surface area contributed by atoms with E-state index < -0.39 is 0 Å². The van der Waals surface area contributed by atoms with Crippen LogP contribution in [0.25, 0.3) is 106 Å². The lowest BCUT2D eigenvalue weighted by atomic mass is 9.64. The van der Waals surface area contributed by atoms with Gasteiger partial charge in [-0.1, -0.05) is 129 Å². The van der Waals surface area contributed by atoms with Crippen molar-refractivity contribution < 1.29 is 8.83 Å². The van der Waals surface area contributed by atoms with Crippen molar-refractivity contribution in [1.82, 2.24) is 19.5 Å². The van der Waals surface area contributed by atoms with E-state index >= 15 is 0 Å². The number of hydrogen-bond acceptors (Lipinski definition) is 5. The molecule has 4 heterocycles. The van der Waals surface area contributed by atoms with Crippen molar-refractivity contribution in [1.29, 1.82) is 0 Å². The topological polar surface area (TPSA) is 69.9 Å². The summed E-state index contributed by atoms with van der Waals surface area (Å²) >= 11 is 0. The number of para-hydroxylation sites is 1. The number of nitrogens with zero attached hydrogens (tertiary/aromatic N) is 4. The van der Waals surface area contributed by atoms with Gasteiger partial charge in [0.1, 0.15) is 89.6 Å². The Bertz CT molecular complexity index is 3660. The Balaban J connectivity index is 1.28. The summed E-state index contributed by atoms with van der Waals surface area (Å²) in [5.74, 6) is 1.83. The van der Waals surface area contributed by atoms with Crippen LogP contribution in [-0.4, -0.2) is 98.0 Å². The highest BCUT2D eigenvalue weighted by Gasteiger charge is 2.29. The molecular formula is C45H36B10N4O2. The summed E-state index contributed by atoms with van der Waals surface area (Å²) in [4.78, 5) is 15.3. The van der Waals surface area contributed by atoms with Crippen LogP contribution in [0.15, 0.2) is 106 Å². The standard InChI is InChI=1S/C45H36B10N4O2/c46-28-25-24-29(47)32(50)34(52)36(54)38(24)59(39(25)42-27(30(28)48)26-31(49)33(51)35(53)37(55)41(26)61-42)21-15-7-13-19-23-20(14-8-16-22(23)60-40(19)21)45-57-43(17-9-3-1-4-10-17)56-44(58-45)18-11-5-2-6-12-18/h1-16H,46-55H2. The Morgan fingerprint density at radius 1 is 0.361 bits per heavy atom. The second-order valence-corrected chi connectivity index (χ2v) is 17.0. The summed E-state index contributed by atoms with van der Waals surface area (Å²) in [5, 5.41) is 6.84. The van der Waals surface area contributed by atoms with Gasteiger partial charge >= 0.3 is 0 Å². The van der Waals surface area contributed by atoms with Gasteiger partial charge in [0.2, 0.25) is 0 Å². The van der Waals surface area contributed by atoms with Crippen LogP contribution in [0.2, 0.25) is 0 Å². The van der Waals surface area contributed by atoms with Crippen LogP contribution in [-0.2, 0) is 0 Å². The zero-order chi connectivity index (χ0) is 42.2. The van der Waals surface area contributed by atoms with Crippen molar-refractivity contribution in [3.05, 3.63) is 97.1 Å². The monoisotopic (exact) mass is 774 g/mol. The van der Waals surface area contributed by atoms with Gasteiger partial charge in [-0.05, 0) is 17.5 Å². The molecule has 0 unspecified atom stereocenters. The summed E-state index contributed by atoms with van der Waals surface area (Å²) in [6, 6.07) is 32.9. The summed E-state index contributed by atoms with van der Waals surface area (Å²) in [7, 11) is 22.5. The van der Waals surface area contributed by atoms with Gasteiger partial charge in [0.25, 0.3) is 0 Å². The van der Waals surface area contributed by atoms with Crippen LogP contribution < -0.4 is 54.6 Å². The Labute approximate surface area is 362 Å². The minimum atomic E-state index is 0.590. The first-order valence-corrected chi connectivity index (χ1v) is 21.1. The number of hydrogen-bond donors (Lipinski definition) is 0. The minimum absolute atomic E-state index is 0.590. The van der Waals surface area contributed by atoms with Crippen LogP contribution in [0.4, 0.5) is 0 Å². The normalized spacial score (nSPS) is 11.9. The number of furan rings is 2. The largest absolute Gasteiger partial charge is 0.454 e. The van der Waals surface area contributed by atoms with Crippen molar-refractivity contribution in [3.8, 4) is 39.9 Å². The molecular weight excluding hydrogens is 737 g/mol. The molecule has 0 spiro atoms. The summed E-state index contributed by atoms with van der Waals surface area (Å²) < 4.78 is 16.8. The van der Waals surface area contributed by atoms with Gasteiger partial charge in [0.05, 0.1) is 11.2 Å². The average molecular weight is 773 g/mol. The first kappa shape index (κ1) is 37.6. The van der Waals surface area contributed by atoms with E-state index in [2.05, 4.69) is 113 Å². The molecule has 0 N–H and O–H groups in total. The molecule has 0 bridgehead atoms. The number of rotatable bonds is 4. The van der Waals surface area contributed by atoms with Crippen molar-refractivity contribution in [3.63, 3.8) is 0 Å². The molecule has 0 amide bonds. The Morgan fingerprint density at radius 2 is 0.869 bits per heavy atom. The lowest BCUT2D eigenvalue weighted by Crippen LogP contribution is -2.48. The van der Waals surface area contributed by atoms with Crippen molar-refractivity contribution in [2.75, 3.05) is 0 Å². The van der Waals surface area contributed by atoms with Crippen LogP contribution in [0.1, 0.15) is 0 Å². The molecule has 0 saturated carbocycles. The van der Waals surface area contributed by atoms with Gasteiger partial charge < -0.3 is 13.4 Å². The maximum atomic E-state index is 7.25. The summed E-state index contributed by atoms with van der Waals surface area (Å²) in [6.07, 6.45) is 0. The molecule has 4 aromatic heterocycles. The predicted molar refractivity (Wildman–Crippen MR) is 287 cm³/mol. The van der Waals surface area contributed by atoms with Crippen LogP contribution in [0, 0.1) is 0 Å². The fraction of sp³-hybridized carbons (Fsp3) is 0. The Kier molecular flexibility index (Phi) is 8.35. The van der Waals surface area contributed by atoms with Gasteiger partial charge in [0, 0.05) is 49.1 Å². The first-order chi connectivity index (χ1) is 29.5. The van der Waals surface area contributed by atoms with Crippen molar-refractivity contribution in [2.24, 2.45) is 0 Å². The van der Waals surface area contributed by atoms with Gasteiger partial charge in [0.15, 0.2) is 28.6 Å². The number of aromatic nitrogens is 4. The van der Waals surface area contributed by atoms with Gasteiger partial charge in [-0.25, -0.2) is 15.0 Å². The van der Waals surface area contributed by atoms with Gasteiger partial charge in [-0.2, -0.15) is 0 Å². The molecule has 16 heteroatoms. The third-order valence-electron chi connectivity index (χ3n) is 14.1. The molecule has 61 heavy (non-hydrogen) atoms. The third-order valence-corrected chi connectivity index (χ3v) is 14.1.